The van der Waals surface area contributed by atoms with Gasteiger partial charge in [-0.3, -0.25) is 0 Å². The monoisotopic (exact) mass is 329 g/mol. The highest BCUT2D eigenvalue weighted by atomic mass is 19.3. The molecule has 122 valence electrons. The van der Waals surface area contributed by atoms with Crippen LogP contribution in [0.3, 0.4) is 0 Å². The van der Waals surface area contributed by atoms with E-state index in [1.165, 1.54) is 6.08 Å². The van der Waals surface area contributed by atoms with Crippen LogP contribution in [0.1, 0.15) is 11.3 Å². The fourth-order valence-electron chi connectivity index (χ4n) is 3.32. The van der Waals surface area contributed by atoms with E-state index < -0.39 is 19.0 Å². The first kappa shape index (κ1) is 15.2. The van der Waals surface area contributed by atoms with Crippen LogP contribution in [-0.2, 0) is 4.65 Å². The zero-order valence-corrected chi connectivity index (χ0v) is 12.8. The number of nitrogens with two attached hydrogens (primary N) is 1. The summed E-state index contributed by atoms with van der Waals surface area (Å²) in [5, 5.41) is 19.4. The highest BCUT2D eigenvalue weighted by Gasteiger charge is 2.51. The number of anilines is 1. The number of alkyl halides is 2. The van der Waals surface area contributed by atoms with Gasteiger partial charge in [-0.15, -0.1) is 5.10 Å². The Morgan fingerprint density at radius 1 is 1.33 bits per heavy atom. The quantitative estimate of drug-likeness (QED) is 0.784. The van der Waals surface area contributed by atoms with E-state index in [0.29, 0.717) is 22.6 Å². The zero-order valence-electron chi connectivity index (χ0n) is 12.8. The molecular formula is C16H14BF2N3O2. The van der Waals surface area contributed by atoms with Crippen molar-refractivity contribution >= 4 is 29.3 Å². The maximum absolute atomic E-state index is 14.0. The fraction of sp³-hybridized carbons (Fsp3) is 0.250. The van der Waals surface area contributed by atoms with Crippen molar-refractivity contribution in [2.45, 2.75) is 12.8 Å². The summed E-state index contributed by atoms with van der Waals surface area (Å²) in [7, 11) is -1.32. The van der Waals surface area contributed by atoms with Crippen LogP contribution in [0.2, 0.25) is 0 Å². The van der Waals surface area contributed by atoms with Crippen LogP contribution in [0, 0.1) is 12.8 Å². The summed E-state index contributed by atoms with van der Waals surface area (Å²) in [6, 6.07) is 5.39. The minimum absolute atomic E-state index is 0.206. The Kier molecular flexibility index (Phi) is 3.23. The van der Waals surface area contributed by atoms with Gasteiger partial charge in [0, 0.05) is 17.4 Å². The molecule has 0 spiro atoms. The van der Waals surface area contributed by atoms with Crippen molar-refractivity contribution in [3.63, 3.8) is 0 Å². The number of hydrogen-bond acceptors (Lipinski definition) is 5. The van der Waals surface area contributed by atoms with E-state index in [-0.39, 0.29) is 12.1 Å². The third kappa shape index (κ3) is 2.14. The fourth-order valence-corrected chi connectivity index (χ4v) is 3.32. The molecule has 2 heterocycles. The van der Waals surface area contributed by atoms with E-state index >= 15 is 0 Å². The third-order valence-electron chi connectivity index (χ3n) is 4.61. The molecule has 1 atom stereocenters. The molecule has 8 heteroatoms. The third-order valence-corrected chi connectivity index (χ3v) is 4.61. The Balaban J connectivity index is 1.92. The Labute approximate surface area is 137 Å². The molecule has 3 N–H and O–H groups in total. The number of nitrogens with zero attached hydrogens (tertiary/aromatic N) is 2. The summed E-state index contributed by atoms with van der Waals surface area (Å²) in [6.07, 6.45) is 2.21. The van der Waals surface area contributed by atoms with Gasteiger partial charge >= 0.3 is 7.12 Å². The molecule has 2 aliphatic rings. The number of aromatic nitrogens is 2. The van der Waals surface area contributed by atoms with Crippen LogP contribution in [0.15, 0.2) is 35.8 Å². The molecule has 1 unspecified atom stereocenters. The molecular weight excluding hydrogens is 315 g/mol. The van der Waals surface area contributed by atoms with Gasteiger partial charge in [0.15, 0.2) is 5.82 Å². The first-order chi connectivity index (χ1) is 11.4. The Hall–Kier alpha value is -2.32. The van der Waals surface area contributed by atoms with Crippen LogP contribution < -0.4 is 5.73 Å². The minimum Gasteiger partial charge on any atom is -0.423 e. The van der Waals surface area contributed by atoms with E-state index in [0.717, 1.165) is 16.8 Å². The van der Waals surface area contributed by atoms with Gasteiger partial charge in [-0.1, -0.05) is 12.1 Å². The molecule has 4 rings (SSSR count). The average Bonchev–Trinajstić information content (AvgIpc) is 2.94. The second-order valence-electron chi connectivity index (χ2n) is 6.05. The molecule has 1 saturated heterocycles. The SMILES string of the molecule is Cc1nnc(N)c2ccc(C3=C4B(O)OCC4C(F)(F)C=C3)cc12. The average molecular weight is 329 g/mol. The Morgan fingerprint density at radius 3 is 2.92 bits per heavy atom. The standard InChI is InChI=1S/C16H14BF2N3O2/c1-8-12-6-9(2-3-11(12)15(20)22-21-8)10-4-5-16(18,19)13-7-24-17(23)14(10)13/h2-6,13,23H,7H2,1H3,(H2,20,22). The largest absolute Gasteiger partial charge is 0.488 e. The van der Waals surface area contributed by atoms with Crippen molar-refractivity contribution in [1.82, 2.24) is 10.2 Å². The lowest BCUT2D eigenvalue weighted by molar-refractivity contribution is -0.00141. The van der Waals surface area contributed by atoms with Crippen molar-refractivity contribution in [3.05, 3.63) is 47.1 Å². The number of hydrogen-bond donors (Lipinski definition) is 2. The number of rotatable bonds is 1. The minimum atomic E-state index is -3.03. The number of allylic oxidation sites excluding steroid dienone is 3. The topological polar surface area (TPSA) is 81.3 Å². The Bertz CT molecular complexity index is 914. The first-order valence-corrected chi connectivity index (χ1v) is 7.52. The summed E-state index contributed by atoms with van der Waals surface area (Å²) in [4.78, 5) is 0. The lowest BCUT2D eigenvalue weighted by Gasteiger charge is -2.26. The molecule has 1 aliphatic heterocycles. The van der Waals surface area contributed by atoms with Crippen molar-refractivity contribution in [1.29, 1.82) is 0 Å². The van der Waals surface area contributed by atoms with Gasteiger partial charge < -0.3 is 15.4 Å². The predicted molar refractivity (Wildman–Crippen MR) is 87.1 cm³/mol. The van der Waals surface area contributed by atoms with Crippen LogP contribution in [0.25, 0.3) is 16.3 Å². The second kappa shape index (κ2) is 5.09. The van der Waals surface area contributed by atoms with Gasteiger partial charge in [0.05, 0.1) is 11.6 Å². The maximum Gasteiger partial charge on any atom is 0.488 e. The molecule has 1 aliphatic carbocycles. The van der Waals surface area contributed by atoms with Crippen molar-refractivity contribution < 1.29 is 18.5 Å². The number of fused-ring (bicyclic) bond motifs is 2. The van der Waals surface area contributed by atoms with E-state index in [9.17, 15) is 13.8 Å². The van der Waals surface area contributed by atoms with Gasteiger partial charge in [-0.25, -0.2) is 8.78 Å². The van der Waals surface area contributed by atoms with Crippen LogP contribution in [0.4, 0.5) is 14.6 Å². The smallest absolute Gasteiger partial charge is 0.423 e. The Morgan fingerprint density at radius 2 is 2.12 bits per heavy atom. The van der Waals surface area contributed by atoms with E-state index in [2.05, 4.69) is 10.2 Å². The summed E-state index contributed by atoms with van der Waals surface area (Å²) < 4.78 is 33.1. The van der Waals surface area contributed by atoms with Gasteiger partial charge in [-0.2, -0.15) is 5.10 Å². The van der Waals surface area contributed by atoms with Crippen LogP contribution in [-0.4, -0.2) is 34.9 Å². The summed E-state index contributed by atoms with van der Waals surface area (Å²) in [5.41, 5.74) is 8.00. The van der Waals surface area contributed by atoms with E-state index in [4.69, 9.17) is 10.4 Å². The van der Waals surface area contributed by atoms with Gasteiger partial charge in [-0.05, 0) is 41.7 Å². The first-order valence-electron chi connectivity index (χ1n) is 7.52. The summed E-state index contributed by atoms with van der Waals surface area (Å²) >= 11 is 0. The van der Waals surface area contributed by atoms with Crippen molar-refractivity contribution in [3.8, 4) is 0 Å². The number of nitrogen functional groups attached to an aromatic ring is 1. The number of aryl methyl sites for hydroxylation is 1. The summed E-state index contributed by atoms with van der Waals surface area (Å²) in [5.74, 6) is -3.86. The molecule has 1 aromatic heterocycles. The molecule has 0 bridgehead atoms. The number of halogens is 2. The molecule has 5 nitrogen and oxygen atoms in total. The van der Waals surface area contributed by atoms with Gasteiger partial charge in [0.2, 0.25) is 0 Å². The normalized spacial score (nSPS) is 22.3. The van der Waals surface area contributed by atoms with Gasteiger partial charge in [0.25, 0.3) is 5.92 Å². The summed E-state index contributed by atoms with van der Waals surface area (Å²) in [6.45, 7) is 1.60. The lowest BCUT2D eigenvalue weighted by atomic mass is 9.67. The van der Waals surface area contributed by atoms with Crippen LogP contribution >= 0.6 is 0 Å². The maximum atomic E-state index is 14.0. The molecule has 0 saturated carbocycles. The van der Waals surface area contributed by atoms with Gasteiger partial charge in [0.1, 0.15) is 0 Å². The molecule has 24 heavy (non-hydrogen) atoms. The second-order valence-corrected chi connectivity index (χ2v) is 6.05. The predicted octanol–water partition coefficient (Wildman–Crippen LogP) is 2.15. The van der Waals surface area contributed by atoms with E-state index in [1.807, 2.05) is 6.07 Å². The highest BCUT2D eigenvalue weighted by molar-refractivity contribution is 6.55. The molecule has 0 radical (unpaired) electrons. The van der Waals surface area contributed by atoms with E-state index in [1.54, 1.807) is 19.1 Å². The van der Waals surface area contributed by atoms with Crippen molar-refractivity contribution in [2.75, 3.05) is 12.3 Å². The molecule has 2 aromatic rings. The van der Waals surface area contributed by atoms with Crippen LogP contribution in [0.5, 0.6) is 0 Å². The van der Waals surface area contributed by atoms with Crippen molar-refractivity contribution in [2.24, 2.45) is 5.92 Å². The molecule has 1 aromatic carbocycles. The molecule has 0 amide bonds. The lowest BCUT2D eigenvalue weighted by Crippen LogP contribution is -2.32. The molecule has 1 fully saturated rings. The highest BCUT2D eigenvalue weighted by Crippen LogP contribution is 2.45. The zero-order chi connectivity index (χ0) is 17.1. The number of benzene rings is 1.